The third-order valence-electron chi connectivity index (χ3n) is 3.60. The highest BCUT2D eigenvalue weighted by atomic mass is 28.4. The first kappa shape index (κ1) is 18.7. The van der Waals surface area contributed by atoms with E-state index >= 15 is 0 Å². The van der Waals surface area contributed by atoms with Gasteiger partial charge in [-0.1, -0.05) is 34.6 Å². The van der Waals surface area contributed by atoms with Crippen LogP contribution < -0.4 is 0 Å². The van der Waals surface area contributed by atoms with Crippen molar-refractivity contribution in [2.24, 2.45) is 10.9 Å². The van der Waals surface area contributed by atoms with Gasteiger partial charge in [0.2, 0.25) is 0 Å². The Morgan fingerprint density at radius 2 is 1.74 bits per heavy atom. The van der Waals surface area contributed by atoms with E-state index in [-0.39, 0.29) is 11.1 Å². The van der Waals surface area contributed by atoms with Gasteiger partial charge in [-0.2, -0.15) is 0 Å². The first-order valence-electron chi connectivity index (χ1n) is 6.91. The summed E-state index contributed by atoms with van der Waals surface area (Å²) in [6.45, 7) is 15.4. The molecule has 0 heterocycles. The van der Waals surface area contributed by atoms with Gasteiger partial charge in [-0.3, -0.25) is 4.99 Å². The largest absolute Gasteiger partial charge is 0.415 e. The standard InChI is InChI=1S/C14H29F2NOSi/c1-11(2)8-12(17-9-13(15)16)10-18-19(6,7)14(3,4)5/h9,11-13H,8,10H2,1-7H3/t12-/m1/s1. The molecule has 0 aliphatic carbocycles. The summed E-state index contributed by atoms with van der Waals surface area (Å²) in [7, 11) is -1.84. The maximum Gasteiger partial charge on any atom is 0.273 e. The zero-order chi connectivity index (χ0) is 15.3. The fourth-order valence-electron chi connectivity index (χ4n) is 1.42. The monoisotopic (exact) mass is 293 g/mol. The number of nitrogens with zero attached hydrogens (tertiary/aromatic N) is 1. The van der Waals surface area contributed by atoms with Crippen LogP contribution in [-0.2, 0) is 4.43 Å². The molecule has 0 radical (unpaired) electrons. The maximum atomic E-state index is 12.2. The van der Waals surface area contributed by atoms with E-state index in [1.165, 1.54) is 0 Å². The third-order valence-corrected chi connectivity index (χ3v) is 8.10. The van der Waals surface area contributed by atoms with Gasteiger partial charge in [0.15, 0.2) is 8.32 Å². The van der Waals surface area contributed by atoms with Crippen LogP contribution in [0, 0.1) is 5.92 Å². The van der Waals surface area contributed by atoms with Crippen LogP contribution in [0.15, 0.2) is 4.99 Å². The number of aliphatic imine (C=N–C) groups is 1. The van der Waals surface area contributed by atoms with E-state index in [2.05, 4.69) is 52.7 Å². The minimum absolute atomic E-state index is 0.127. The molecule has 5 heteroatoms. The van der Waals surface area contributed by atoms with Crippen molar-refractivity contribution in [1.82, 2.24) is 0 Å². The van der Waals surface area contributed by atoms with Gasteiger partial charge in [0.1, 0.15) is 0 Å². The van der Waals surface area contributed by atoms with Crippen molar-refractivity contribution in [2.45, 2.75) is 71.6 Å². The second-order valence-corrected chi connectivity index (χ2v) is 11.8. The van der Waals surface area contributed by atoms with Crippen molar-refractivity contribution in [3.8, 4) is 0 Å². The lowest BCUT2D eigenvalue weighted by atomic mass is 10.1. The van der Waals surface area contributed by atoms with Crippen LogP contribution in [0.3, 0.4) is 0 Å². The molecule has 0 amide bonds. The summed E-state index contributed by atoms with van der Waals surface area (Å²) in [6.07, 6.45) is -0.970. The van der Waals surface area contributed by atoms with Crippen LogP contribution >= 0.6 is 0 Å². The Balaban J connectivity index is 4.58. The molecule has 0 aliphatic heterocycles. The molecule has 1 atom stereocenters. The minimum atomic E-state index is -2.48. The Morgan fingerprint density at radius 1 is 1.21 bits per heavy atom. The lowest BCUT2D eigenvalue weighted by molar-refractivity contribution is 0.226. The van der Waals surface area contributed by atoms with Crippen molar-refractivity contribution in [3.63, 3.8) is 0 Å². The Hall–Kier alpha value is -0.293. The summed E-state index contributed by atoms with van der Waals surface area (Å²) in [5.74, 6) is 0.419. The van der Waals surface area contributed by atoms with Gasteiger partial charge in [-0.15, -0.1) is 0 Å². The van der Waals surface area contributed by atoms with Gasteiger partial charge in [0.25, 0.3) is 6.43 Å². The van der Waals surface area contributed by atoms with Crippen molar-refractivity contribution < 1.29 is 13.2 Å². The van der Waals surface area contributed by atoms with Crippen LogP contribution in [0.25, 0.3) is 0 Å². The molecule has 2 nitrogen and oxygen atoms in total. The molecule has 0 bridgehead atoms. The molecule has 0 aromatic heterocycles. The van der Waals surface area contributed by atoms with Crippen LogP contribution in [0.1, 0.15) is 41.0 Å². The fourth-order valence-corrected chi connectivity index (χ4v) is 2.47. The average Bonchev–Trinajstić information content (AvgIpc) is 2.19. The summed E-state index contributed by atoms with van der Waals surface area (Å²) in [5.41, 5.74) is 0. The van der Waals surface area contributed by atoms with Crippen molar-refractivity contribution in [2.75, 3.05) is 6.61 Å². The Morgan fingerprint density at radius 3 is 2.11 bits per heavy atom. The molecule has 0 aromatic rings. The minimum Gasteiger partial charge on any atom is -0.415 e. The predicted octanol–water partition coefficient (Wildman–Crippen LogP) is 4.76. The molecule has 114 valence electrons. The van der Waals surface area contributed by atoms with Crippen LogP contribution in [0.5, 0.6) is 0 Å². The Bertz CT molecular complexity index is 286. The molecule has 0 unspecified atom stereocenters. The first-order chi connectivity index (χ1) is 8.45. The summed E-state index contributed by atoms with van der Waals surface area (Å²) in [6, 6.07) is -0.164. The summed E-state index contributed by atoms with van der Waals surface area (Å²) < 4.78 is 30.5. The summed E-state index contributed by atoms with van der Waals surface area (Å²) >= 11 is 0. The second-order valence-electron chi connectivity index (χ2n) is 6.99. The molecular formula is C14H29F2NOSi. The Kier molecular flexibility index (Phi) is 7.36. The van der Waals surface area contributed by atoms with Crippen molar-refractivity contribution in [3.05, 3.63) is 0 Å². The number of hydrogen-bond acceptors (Lipinski definition) is 2. The third kappa shape index (κ3) is 7.77. The summed E-state index contributed by atoms with van der Waals surface area (Å²) in [5, 5.41) is 0.127. The Labute approximate surface area is 117 Å². The molecule has 0 aromatic carbocycles. The highest BCUT2D eigenvalue weighted by Gasteiger charge is 2.37. The van der Waals surface area contributed by atoms with E-state index in [0.717, 1.165) is 12.6 Å². The lowest BCUT2D eigenvalue weighted by Crippen LogP contribution is -2.42. The molecule has 0 N–H and O–H groups in total. The van der Waals surface area contributed by atoms with Crippen molar-refractivity contribution in [1.29, 1.82) is 0 Å². The number of alkyl halides is 2. The van der Waals surface area contributed by atoms with E-state index in [1.54, 1.807) is 0 Å². The molecule has 0 fully saturated rings. The first-order valence-corrected chi connectivity index (χ1v) is 9.82. The van der Waals surface area contributed by atoms with E-state index in [0.29, 0.717) is 12.5 Å². The molecule has 0 saturated heterocycles. The quantitative estimate of drug-likeness (QED) is 0.490. The van der Waals surface area contributed by atoms with Crippen molar-refractivity contribution >= 4 is 14.5 Å². The number of hydrogen-bond donors (Lipinski definition) is 0. The highest BCUT2D eigenvalue weighted by Crippen LogP contribution is 2.36. The SMILES string of the molecule is CC(C)C[C@H](CO[Si](C)(C)C(C)(C)C)N=CC(F)F. The smallest absolute Gasteiger partial charge is 0.273 e. The zero-order valence-electron chi connectivity index (χ0n) is 13.3. The fraction of sp³-hybridized carbons (Fsp3) is 0.929. The topological polar surface area (TPSA) is 21.6 Å². The molecule has 19 heavy (non-hydrogen) atoms. The maximum absolute atomic E-state index is 12.2. The second kappa shape index (κ2) is 7.48. The van der Waals surface area contributed by atoms with E-state index < -0.39 is 14.7 Å². The van der Waals surface area contributed by atoms with Gasteiger partial charge in [-0.05, 0) is 30.5 Å². The van der Waals surface area contributed by atoms with Crippen LogP contribution in [0.2, 0.25) is 18.1 Å². The van der Waals surface area contributed by atoms with Gasteiger partial charge in [0, 0.05) is 0 Å². The van der Waals surface area contributed by atoms with Crippen LogP contribution in [-0.4, -0.2) is 33.6 Å². The number of rotatable bonds is 7. The predicted molar refractivity (Wildman–Crippen MR) is 80.9 cm³/mol. The van der Waals surface area contributed by atoms with Crippen LogP contribution in [0.4, 0.5) is 8.78 Å². The van der Waals surface area contributed by atoms with E-state index in [9.17, 15) is 8.78 Å². The molecule has 0 rings (SSSR count). The zero-order valence-corrected chi connectivity index (χ0v) is 14.3. The highest BCUT2D eigenvalue weighted by molar-refractivity contribution is 6.74. The number of halogens is 2. The van der Waals surface area contributed by atoms with Gasteiger partial charge in [0.05, 0.1) is 18.9 Å². The molecule has 0 saturated carbocycles. The average molecular weight is 293 g/mol. The van der Waals surface area contributed by atoms with Gasteiger partial charge in [-0.25, -0.2) is 8.78 Å². The molecule has 0 aliphatic rings. The van der Waals surface area contributed by atoms with Gasteiger partial charge < -0.3 is 4.43 Å². The molecular weight excluding hydrogens is 264 g/mol. The van der Waals surface area contributed by atoms with E-state index in [4.69, 9.17) is 4.43 Å². The van der Waals surface area contributed by atoms with Gasteiger partial charge >= 0.3 is 0 Å². The lowest BCUT2D eigenvalue weighted by Gasteiger charge is -2.37. The summed E-state index contributed by atoms with van der Waals surface area (Å²) in [4.78, 5) is 3.97. The van der Waals surface area contributed by atoms with E-state index in [1.807, 2.05) is 0 Å². The normalized spacial score (nSPS) is 15.7. The molecule has 0 spiro atoms.